The Morgan fingerprint density at radius 2 is 1.79 bits per heavy atom. The van der Waals surface area contributed by atoms with Crippen molar-refractivity contribution in [2.24, 2.45) is 0 Å². The van der Waals surface area contributed by atoms with Gasteiger partial charge in [0, 0.05) is 48.0 Å². The number of benzene rings is 1. The van der Waals surface area contributed by atoms with Gasteiger partial charge >= 0.3 is 0 Å². The summed E-state index contributed by atoms with van der Waals surface area (Å²) in [5.74, 6) is 2.10. The third-order valence-corrected chi connectivity index (χ3v) is 4.50. The summed E-state index contributed by atoms with van der Waals surface area (Å²) in [6.07, 6.45) is 7.40. The molecule has 4 aromatic rings. The van der Waals surface area contributed by atoms with Crippen LogP contribution in [0.2, 0.25) is 0 Å². The first-order valence-electron chi connectivity index (χ1n) is 8.99. The molecular weight excluding hydrogens is 370 g/mol. The maximum absolute atomic E-state index is 5.40. The quantitative estimate of drug-likeness (QED) is 0.515. The number of fused-ring (bicyclic) bond motifs is 1. The third-order valence-electron chi connectivity index (χ3n) is 4.50. The number of ether oxygens (including phenoxy) is 3. The molecule has 1 aromatic carbocycles. The number of nitrogens with one attached hydrogen (secondary N) is 1. The maximum Gasteiger partial charge on any atom is 0.229 e. The second-order valence-electron chi connectivity index (χ2n) is 6.32. The second-order valence-corrected chi connectivity index (χ2v) is 6.32. The van der Waals surface area contributed by atoms with E-state index in [1.807, 2.05) is 42.7 Å². The zero-order valence-electron chi connectivity index (χ0n) is 16.4. The number of hydrogen-bond donors (Lipinski definition) is 1. The van der Waals surface area contributed by atoms with E-state index in [9.17, 15) is 0 Å². The van der Waals surface area contributed by atoms with Crippen molar-refractivity contribution in [1.82, 2.24) is 19.5 Å². The van der Waals surface area contributed by atoms with Crippen molar-refractivity contribution < 1.29 is 14.2 Å². The smallest absolute Gasteiger partial charge is 0.229 e. The average Bonchev–Trinajstić information content (AvgIpc) is 3.15. The summed E-state index contributed by atoms with van der Waals surface area (Å²) >= 11 is 0. The summed E-state index contributed by atoms with van der Waals surface area (Å²) in [4.78, 5) is 13.3. The SMILES string of the molecule is COc1cc(Nc2ncc3ccn(Cc4cccnc4)c3n2)cc(OC)c1OC. The molecule has 0 fully saturated rings. The van der Waals surface area contributed by atoms with E-state index in [1.54, 1.807) is 33.7 Å². The van der Waals surface area contributed by atoms with Gasteiger partial charge in [0.2, 0.25) is 11.7 Å². The Kier molecular flexibility index (Phi) is 5.15. The normalized spacial score (nSPS) is 10.7. The van der Waals surface area contributed by atoms with Gasteiger partial charge in [0.1, 0.15) is 5.65 Å². The summed E-state index contributed by atoms with van der Waals surface area (Å²) < 4.78 is 18.2. The number of nitrogens with zero attached hydrogens (tertiary/aromatic N) is 4. The highest BCUT2D eigenvalue weighted by Gasteiger charge is 2.14. The monoisotopic (exact) mass is 391 g/mol. The molecule has 3 heterocycles. The zero-order chi connectivity index (χ0) is 20.2. The molecule has 0 saturated carbocycles. The van der Waals surface area contributed by atoms with Crippen LogP contribution in [0.25, 0.3) is 11.0 Å². The van der Waals surface area contributed by atoms with Crippen LogP contribution in [-0.4, -0.2) is 40.8 Å². The minimum absolute atomic E-state index is 0.470. The molecule has 0 atom stereocenters. The molecule has 0 bridgehead atoms. The van der Waals surface area contributed by atoms with E-state index >= 15 is 0 Å². The minimum Gasteiger partial charge on any atom is -0.493 e. The van der Waals surface area contributed by atoms with E-state index in [1.165, 1.54) is 0 Å². The lowest BCUT2D eigenvalue weighted by Gasteiger charge is -2.14. The van der Waals surface area contributed by atoms with Crippen LogP contribution in [0, 0.1) is 0 Å². The molecule has 0 aliphatic carbocycles. The van der Waals surface area contributed by atoms with Crippen LogP contribution in [-0.2, 0) is 6.54 Å². The minimum atomic E-state index is 0.470. The summed E-state index contributed by atoms with van der Waals surface area (Å²) in [6, 6.07) is 9.57. The van der Waals surface area contributed by atoms with Gasteiger partial charge < -0.3 is 24.1 Å². The molecule has 3 aromatic heterocycles. The Hall–Kier alpha value is -3.81. The summed E-state index contributed by atoms with van der Waals surface area (Å²) in [7, 11) is 4.73. The largest absolute Gasteiger partial charge is 0.493 e. The van der Waals surface area contributed by atoms with Gasteiger partial charge in [-0.25, -0.2) is 4.98 Å². The Balaban J connectivity index is 1.66. The van der Waals surface area contributed by atoms with Crippen LogP contribution in [0.3, 0.4) is 0 Å². The number of aromatic nitrogens is 4. The highest BCUT2D eigenvalue weighted by molar-refractivity contribution is 5.77. The summed E-state index contributed by atoms with van der Waals surface area (Å²) in [6.45, 7) is 0.679. The fraction of sp³-hybridized carbons (Fsp3) is 0.190. The van der Waals surface area contributed by atoms with E-state index in [4.69, 9.17) is 14.2 Å². The topological polar surface area (TPSA) is 83.3 Å². The fourth-order valence-corrected chi connectivity index (χ4v) is 3.13. The predicted octanol–water partition coefficient (Wildman–Crippen LogP) is 3.64. The third kappa shape index (κ3) is 3.77. The van der Waals surface area contributed by atoms with E-state index in [-0.39, 0.29) is 0 Å². The van der Waals surface area contributed by atoms with Crippen molar-refractivity contribution >= 4 is 22.7 Å². The van der Waals surface area contributed by atoms with Gasteiger partial charge in [-0.05, 0) is 17.7 Å². The summed E-state index contributed by atoms with van der Waals surface area (Å²) in [5, 5.41) is 4.18. The number of methoxy groups -OCH3 is 3. The van der Waals surface area contributed by atoms with Crippen molar-refractivity contribution in [3.63, 3.8) is 0 Å². The first kappa shape index (κ1) is 18.5. The van der Waals surface area contributed by atoms with E-state index in [0.29, 0.717) is 29.7 Å². The molecule has 4 rings (SSSR count). The zero-order valence-corrected chi connectivity index (χ0v) is 16.4. The van der Waals surface area contributed by atoms with Gasteiger partial charge in [0.05, 0.1) is 27.9 Å². The molecular formula is C21H21N5O3. The molecule has 148 valence electrons. The van der Waals surface area contributed by atoms with Crippen molar-refractivity contribution in [3.8, 4) is 17.2 Å². The van der Waals surface area contributed by atoms with Crippen LogP contribution >= 0.6 is 0 Å². The Morgan fingerprint density at radius 1 is 1.00 bits per heavy atom. The number of hydrogen-bond acceptors (Lipinski definition) is 7. The molecule has 0 unspecified atom stereocenters. The Bertz CT molecular complexity index is 1100. The molecule has 29 heavy (non-hydrogen) atoms. The van der Waals surface area contributed by atoms with Crippen LogP contribution in [0.5, 0.6) is 17.2 Å². The lowest BCUT2D eigenvalue weighted by Crippen LogP contribution is -2.03. The molecule has 0 amide bonds. The predicted molar refractivity (Wildman–Crippen MR) is 110 cm³/mol. The van der Waals surface area contributed by atoms with Gasteiger partial charge in [0.15, 0.2) is 11.5 Å². The second kappa shape index (κ2) is 8.05. The fourth-order valence-electron chi connectivity index (χ4n) is 3.13. The lowest BCUT2D eigenvalue weighted by molar-refractivity contribution is 0.324. The highest BCUT2D eigenvalue weighted by Crippen LogP contribution is 2.40. The standard InChI is InChI=1S/C21H21N5O3/c1-27-17-9-16(10-18(28-2)19(17)29-3)24-21-23-12-15-6-8-26(20(15)25-21)13-14-5-4-7-22-11-14/h4-12H,13H2,1-3H3,(H,23,24,25). The van der Waals surface area contributed by atoms with Gasteiger partial charge in [-0.3, -0.25) is 4.98 Å². The average molecular weight is 391 g/mol. The number of rotatable bonds is 7. The Labute approximate surface area is 168 Å². The Morgan fingerprint density at radius 3 is 2.45 bits per heavy atom. The molecule has 0 saturated heterocycles. The van der Waals surface area contributed by atoms with Gasteiger partial charge in [-0.15, -0.1) is 0 Å². The first-order valence-corrected chi connectivity index (χ1v) is 8.99. The van der Waals surface area contributed by atoms with Crippen LogP contribution in [0.4, 0.5) is 11.6 Å². The van der Waals surface area contributed by atoms with Crippen molar-refractivity contribution in [2.45, 2.75) is 6.54 Å². The number of pyridine rings is 1. The van der Waals surface area contributed by atoms with E-state index < -0.39 is 0 Å². The molecule has 0 aliphatic rings. The van der Waals surface area contributed by atoms with Gasteiger partial charge in [-0.1, -0.05) is 6.07 Å². The van der Waals surface area contributed by atoms with E-state index in [2.05, 4.69) is 24.8 Å². The van der Waals surface area contributed by atoms with Crippen molar-refractivity contribution in [1.29, 1.82) is 0 Å². The molecule has 8 nitrogen and oxygen atoms in total. The molecule has 0 radical (unpaired) electrons. The van der Waals surface area contributed by atoms with Crippen LogP contribution in [0.1, 0.15) is 5.56 Å². The number of anilines is 2. The highest BCUT2D eigenvalue weighted by atomic mass is 16.5. The van der Waals surface area contributed by atoms with Gasteiger partial charge in [0.25, 0.3) is 0 Å². The molecule has 0 aliphatic heterocycles. The van der Waals surface area contributed by atoms with Crippen molar-refractivity contribution in [3.05, 3.63) is 60.7 Å². The maximum atomic E-state index is 5.40. The summed E-state index contributed by atoms with van der Waals surface area (Å²) in [5.41, 5.74) is 2.66. The first-order chi connectivity index (χ1) is 14.2. The molecule has 1 N–H and O–H groups in total. The molecule has 0 spiro atoms. The van der Waals surface area contributed by atoms with Crippen molar-refractivity contribution in [2.75, 3.05) is 26.6 Å². The van der Waals surface area contributed by atoms with Gasteiger partial charge in [-0.2, -0.15) is 4.98 Å². The van der Waals surface area contributed by atoms with E-state index in [0.717, 1.165) is 22.3 Å². The van der Waals surface area contributed by atoms with Crippen LogP contribution in [0.15, 0.2) is 55.1 Å². The molecule has 8 heteroatoms. The lowest BCUT2D eigenvalue weighted by atomic mass is 10.2. The van der Waals surface area contributed by atoms with Crippen LogP contribution < -0.4 is 19.5 Å².